The van der Waals surface area contributed by atoms with Crippen LogP contribution in [0.5, 0.6) is 0 Å². The lowest BCUT2D eigenvalue weighted by Crippen LogP contribution is -2.61. The predicted molar refractivity (Wildman–Crippen MR) is 83.2 cm³/mol. The molecule has 1 aromatic carbocycles. The number of fused-ring (bicyclic) bond motifs is 1. The maximum absolute atomic E-state index is 12.5. The van der Waals surface area contributed by atoms with Gasteiger partial charge in [-0.05, 0) is 24.6 Å². The van der Waals surface area contributed by atoms with E-state index in [-0.39, 0.29) is 23.5 Å². The van der Waals surface area contributed by atoms with E-state index in [9.17, 15) is 4.79 Å². The summed E-state index contributed by atoms with van der Waals surface area (Å²) in [5, 5.41) is 3.96. The number of carbonyl (C=O) groups excluding carboxylic acids is 1. The first kappa shape index (κ1) is 13.9. The standard InChI is InChI=1S/C16H21N3O2/c1-16(2)13(7-14(16)21-3)19-15(20)11-8-18-12-5-4-9(17)6-10(11)12/h4-6,8,13-14,18H,7,17H2,1-3H3,(H,19,20). The van der Waals surface area contributed by atoms with Gasteiger partial charge in [-0.3, -0.25) is 4.79 Å². The maximum Gasteiger partial charge on any atom is 0.253 e. The van der Waals surface area contributed by atoms with Crippen molar-refractivity contribution in [2.45, 2.75) is 32.4 Å². The van der Waals surface area contributed by atoms with E-state index in [0.717, 1.165) is 17.3 Å². The average Bonchev–Trinajstić information content (AvgIpc) is 2.85. The van der Waals surface area contributed by atoms with Gasteiger partial charge < -0.3 is 20.8 Å². The highest BCUT2D eigenvalue weighted by Crippen LogP contribution is 2.42. The Morgan fingerprint density at radius 2 is 2.24 bits per heavy atom. The van der Waals surface area contributed by atoms with Crippen LogP contribution in [-0.4, -0.2) is 30.1 Å². The Hall–Kier alpha value is -2.01. The van der Waals surface area contributed by atoms with Gasteiger partial charge >= 0.3 is 0 Å². The van der Waals surface area contributed by atoms with Crippen LogP contribution in [0.3, 0.4) is 0 Å². The highest BCUT2D eigenvalue weighted by molar-refractivity contribution is 6.07. The van der Waals surface area contributed by atoms with Crippen molar-refractivity contribution in [2.24, 2.45) is 5.41 Å². The van der Waals surface area contributed by atoms with Crippen LogP contribution >= 0.6 is 0 Å². The summed E-state index contributed by atoms with van der Waals surface area (Å²) in [5.74, 6) is -0.0699. The molecule has 1 aliphatic rings. The molecular weight excluding hydrogens is 266 g/mol. The summed E-state index contributed by atoms with van der Waals surface area (Å²) in [4.78, 5) is 15.6. The monoisotopic (exact) mass is 287 g/mol. The molecule has 5 heteroatoms. The Bertz CT molecular complexity index is 690. The van der Waals surface area contributed by atoms with E-state index < -0.39 is 0 Å². The van der Waals surface area contributed by atoms with E-state index in [1.807, 2.05) is 18.2 Å². The fourth-order valence-corrected chi connectivity index (χ4v) is 3.09. The van der Waals surface area contributed by atoms with Crippen molar-refractivity contribution in [3.8, 4) is 0 Å². The van der Waals surface area contributed by atoms with Crippen LogP contribution in [-0.2, 0) is 4.74 Å². The third kappa shape index (κ3) is 2.17. The van der Waals surface area contributed by atoms with Crippen LogP contribution < -0.4 is 11.1 Å². The second-order valence-electron chi connectivity index (χ2n) is 6.31. The number of H-pyrrole nitrogens is 1. The molecular formula is C16H21N3O2. The zero-order valence-corrected chi connectivity index (χ0v) is 12.6. The molecule has 0 spiro atoms. The van der Waals surface area contributed by atoms with Gasteiger partial charge in [0.25, 0.3) is 5.91 Å². The largest absolute Gasteiger partial charge is 0.399 e. The number of carbonyl (C=O) groups is 1. The minimum atomic E-state index is -0.0699. The predicted octanol–water partition coefficient (Wildman–Crippen LogP) is 2.29. The number of hydrogen-bond acceptors (Lipinski definition) is 3. The lowest BCUT2D eigenvalue weighted by atomic mass is 9.64. The highest BCUT2D eigenvalue weighted by atomic mass is 16.5. The summed E-state index contributed by atoms with van der Waals surface area (Å²) in [5.41, 5.74) is 7.96. The van der Waals surface area contributed by atoms with E-state index in [1.54, 1.807) is 13.3 Å². The molecule has 1 saturated carbocycles. The molecule has 2 atom stereocenters. The van der Waals surface area contributed by atoms with Gasteiger partial charge in [-0.1, -0.05) is 13.8 Å². The molecule has 1 aromatic heterocycles. The van der Waals surface area contributed by atoms with Crippen molar-refractivity contribution in [3.63, 3.8) is 0 Å². The van der Waals surface area contributed by atoms with Crippen LogP contribution in [0.1, 0.15) is 30.6 Å². The maximum atomic E-state index is 12.5. The first-order valence-corrected chi connectivity index (χ1v) is 7.13. The van der Waals surface area contributed by atoms with Crippen molar-refractivity contribution in [1.29, 1.82) is 0 Å². The Kier molecular flexibility index (Phi) is 3.17. The first-order chi connectivity index (χ1) is 9.93. The number of amides is 1. The molecule has 1 amide bonds. The van der Waals surface area contributed by atoms with Crippen LogP contribution in [0.25, 0.3) is 10.9 Å². The van der Waals surface area contributed by atoms with Gasteiger partial charge in [0.1, 0.15) is 0 Å². The molecule has 112 valence electrons. The fourth-order valence-electron chi connectivity index (χ4n) is 3.09. The van der Waals surface area contributed by atoms with Crippen molar-refractivity contribution >= 4 is 22.5 Å². The second-order valence-corrected chi connectivity index (χ2v) is 6.31. The van der Waals surface area contributed by atoms with Gasteiger partial charge in [0.15, 0.2) is 0 Å². The zero-order valence-electron chi connectivity index (χ0n) is 12.6. The summed E-state index contributed by atoms with van der Waals surface area (Å²) in [7, 11) is 1.72. The lowest BCUT2D eigenvalue weighted by Gasteiger charge is -2.51. The first-order valence-electron chi connectivity index (χ1n) is 7.13. The van der Waals surface area contributed by atoms with E-state index in [2.05, 4.69) is 24.1 Å². The van der Waals surface area contributed by atoms with Gasteiger partial charge in [0, 0.05) is 41.4 Å². The Morgan fingerprint density at radius 3 is 2.90 bits per heavy atom. The number of aromatic amines is 1. The fraction of sp³-hybridized carbons (Fsp3) is 0.438. The molecule has 1 aliphatic carbocycles. The Labute approximate surface area is 123 Å². The number of anilines is 1. The number of aromatic nitrogens is 1. The lowest BCUT2D eigenvalue weighted by molar-refractivity contribution is -0.0942. The number of nitrogens with two attached hydrogens (primary N) is 1. The smallest absolute Gasteiger partial charge is 0.253 e. The number of benzene rings is 1. The van der Waals surface area contributed by atoms with Crippen molar-refractivity contribution < 1.29 is 9.53 Å². The summed E-state index contributed by atoms with van der Waals surface area (Å²) >= 11 is 0. The third-order valence-electron chi connectivity index (χ3n) is 4.72. The Balaban J connectivity index is 1.81. The van der Waals surface area contributed by atoms with Gasteiger partial charge in [-0.25, -0.2) is 0 Å². The molecule has 0 saturated heterocycles. The van der Waals surface area contributed by atoms with E-state index in [1.165, 1.54) is 0 Å². The number of ether oxygens (including phenoxy) is 1. The summed E-state index contributed by atoms with van der Waals surface area (Å²) in [6, 6.07) is 5.65. The molecule has 3 rings (SSSR count). The second kappa shape index (κ2) is 4.77. The molecule has 0 radical (unpaired) electrons. The van der Waals surface area contributed by atoms with Gasteiger partial charge in [0.2, 0.25) is 0 Å². The average molecular weight is 287 g/mol. The van der Waals surface area contributed by atoms with E-state index in [0.29, 0.717) is 11.3 Å². The highest BCUT2D eigenvalue weighted by Gasteiger charge is 2.49. The molecule has 5 nitrogen and oxygen atoms in total. The Morgan fingerprint density at radius 1 is 1.48 bits per heavy atom. The molecule has 21 heavy (non-hydrogen) atoms. The quantitative estimate of drug-likeness (QED) is 0.758. The van der Waals surface area contributed by atoms with Gasteiger partial charge in [-0.2, -0.15) is 0 Å². The minimum Gasteiger partial charge on any atom is -0.399 e. The number of nitrogens with one attached hydrogen (secondary N) is 2. The number of methoxy groups -OCH3 is 1. The van der Waals surface area contributed by atoms with Gasteiger partial charge in [-0.15, -0.1) is 0 Å². The van der Waals surface area contributed by atoms with Crippen molar-refractivity contribution in [3.05, 3.63) is 30.0 Å². The van der Waals surface area contributed by atoms with Gasteiger partial charge in [0.05, 0.1) is 11.7 Å². The normalized spacial score (nSPS) is 23.8. The molecule has 2 unspecified atom stereocenters. The molecule has 1 fully saturated rings. The molecule has 4 N–H and O–H groups in total. The summed E-state index contributed by atoms with van der Waals surface area (Å²) in [6.07, 6.45) is 2.78. The van der Waals surface area contributed by atoms with Crippen LogP contribution in [0, 0.1) is 5.41 Å². The van der Waals surface area contributed by atoms with Crippen LogP contribution in [0.2, 0.25) is 0 Å². The molecule has 2 aromatic rings. The van der Waals surface area contributed by atoms with Crippen molar-refractivity contribution in [1.82, 2.24) is 10.3 Å². The van der Waals surface area contributed by atoms with Crippen LogP contribution in [0.15, 0.2) is 24.4 Å². The topological polar surface area (TPSA) is 80.1 Å². The zero-order chi connectivity index (χ0) is 15.2. The number of nitrogen functional groups attached to an aromatic ring is 1. The molecule has 0 aliphatic heterocycles. The van der Waals surface area contributed by atoms with Crippen molar-refractivity contribution in [2.75, 3.05) is 12.8 Å². The van der Waals surface area contributed by atoms with E-state index in [4.69, 9.17) is 10.5 Å². The molecule has 1 heterocycles. The number of hydrogen-bond donors (Lipinski definition) is 3. The third-order valence-corrected chi connectivity index (χ3v) is 4.72. The molecule has 0 bridgehead atoms. The summed E-state index contributed by atoms with van der Waals surface area (Å²) < 4.78 is 5.42. The minimum absolute atomic E-state index is 0.0461. The van der Waals surface area contributed by atoms with Crippen LogP contribution in [0.4, 0.5) is 5.69 Å². The summed E-state index contributed by atoms with van der Waals surface area (Å²) in [6.45, 7) is 4.23. The van der Waals surface area contributed by atoms with E-state index >= 15 is 0 Å². The number of rotatable bonds is 3. The SMILES string of the molecule is COC1CC(NC(=O)c2c[nH]c3ccc(N)cc23)C1(C)C.